The summed E-state index contributed by atoms with van der Waals surface area (Å²) in [6.07, 6.45) is 1.37. The lowest BCUT2D eigenvalue weighted by molar-refractivity contribution is -0.115. The van der Waals surface area contributed by atoms with E-state index in [0.29, 0.717) is 39.7 Å². The number of ether oxygens (including phenoxy) is 2. The SMILES string of the molecule is CCC(Sc1cccc(NC(=O)c2c(OC)cccc2OC)c1)C(=O)Nc1sc2c(c1C#N)CCN(Cc1ccccc1)C2. The van der Waals surface area contributed by atoms with Gasteiger partial charge in [-0.15, -0.1) is 23.1 Å². The van der Waals surface area contributed by atoms with E-state index in [2.05, 4.69) is 33.7 Å². The molecule has 0 aliphatic carbocycles. The number of methoxy groups -OCH3 is 2. The average Bonchev–Trinajstić information content (AvgIpc) is 3.39. The molecule has 1 atom stereocenters. The highest BCUT2D eigenvalue weighted by atomic mass is 32.2. The van der Waals surface area contributed by atoms with Crippen LogP contribution in [0.3, 0.4) is 0 Å². The first-order valence-corrected chi connectivity index (χ1v) is 16.0. The number of amides is 2. The van der Waals surface area contributed by atoms with Crippen LogP contribution in [0.15, 0.2) is 77.7 Å². The van der Waals surface area contributed by atoms with Crippen molar-refractivity contribution in [1.29, 1.82) is 5.26 Å². The third-order valence-corrected chi connectivity index (χ3v) is 9.91. The van der Waals surface area contributed by atoms with Crippen LogP contribution < -0.4 is 20.1 Å². The predicted octanol–water partition coefficient (Wildman–Crippen LogP) is 6.96. The van der Waals surface area contributed by atoms with Crippen molar-refractivity contribution in [1.82, 2.24) is 4.90 Å². The fourth-order valence-electron chi connectivity index (χ4n) is 5.23. The molecule has 0 spiro atoms. The monoisotopic (exact) mass is 626 g/mol. The maximum atomic E-state index is 13.5. The summed E-state index contributed by atoms with van der Waals surface area (Å²) >= 11 is 2.92. The smallest absolute Gasteiger partial charge is 0.263 e. The van der Waals surface area contributed by atoms with Gasteiger partial charge in [0.2, 0.25) is 5.91 Å². The van der Waals surface area contributed by atoms with Gasteiger partial charge in [-0.25, -0.2) is 0 Å². The van der Waals surface area contributed by atoms with E-state index in [9.17, 15) is 14.9 Å². The highest BCUT2D eigenvalue weighted by molar-refractivity contribution is 8.00. The van der Waals surface area contributed by atoms with Crippen molar-refractivity contribution in [3.05, 3.63) is 99.9 Å². The molecule has 4 aromatic rings. The summed E-state index contributed by atoms with van der Waals surface area (Å²) in [4.78, 5) is 31.0. The van der Waals surface area contributed by atoms with Crippen LogP contribution >= 0.6 is 23.1 Å². The molecule has 3 aromatic carbocycles. The average molecular weight is 627 g/mol. The lowest BCUT2D eigenvalue weighted by atomic mass is 10.0. The molecule has 0 radical (unpaired) electrons. The number of nitrogens with zero attached hydrogens (tertiary/aromatic N) is 2. The Bertz CT molecular complexity index is 1660. The summed E-state index contributed by atoms with van der Waals surface area (Å²) < 4.78 is 10.7. The zero-order chi connectivity index (χ0) is 31.1. The van der Waals surface area contributed by atoms with Crippen LogP contribution in [0.2, 0.25) is 0 Å². The maximum Gasteiger partial charge on any atom is 0.263 e. The highest BCUT2D eigenvalue weighted by Gasteiger charge is 2.27. The molecule has 8 nitrogen and oxygen atoms in total. The van der Waals surface area contributed by atoms with Gasteiger partial charge >= 0.3 is 0 Å². The topological polar surface area (TPSA) is 104 Å². The number of rotatable bonds is 11. The molecule has 44 heavy (non-hydrogen) atoms. The highest BCUT2D eigenvalue weighted by Crippen LogP contribution is 2.38. The van der Waals surface area contributed by atoms with E-state index in [1.165, 1.54) is 42.9 Å². The second-order valence-corrected chi connectivity index (χ2v) is 12.7. The molecule has 0 saturated heterocycles. The second kappa shape index (κ2) is 14.4. The van der Waals surface area contributed by atoms with Gasteiger partial charge in [-0.1, -0.05) is 49.4 Å². The van der Waals surface area contributed by atoms with E-state index < -0.39 is 5.25 Å². The Morgan fingerprint density at radius 3 is 2.43 bits per heavy atom. The number of hydrogen-bond donors (Lipinski definition) is 2. The molecule has 0 fully saturated rings. The molecule has 0 saturated carbocycles. The first-order chi connectivity index (χ1) is 21.4. The quantitative estimate of drug-likeness (QED) is 0.174. The van der Waals surface area contributed by atoms with E-state index in [0.717, 1.165) is 41.4 Å². The number of carbonyl (C=O) groups excluding carboxylic acids is 2. The van der Waals surface area contributed by atoms with Gasteiger partial charge in [0.15, 0.2) is 0 Å². The predicted molar refractivity (Wildman–Crippen MR) is 176 cm³/mol. The van der Waals surface area contributed by atoms with Gasteiger partial charge in [-0.05, 0) is 54.3 Å². The van der Waals surface area contributed by atoms with Crippen LogP contribution in [0.4, 0.5) is 10.7 Å². The van der Waals surface area contributed by atoms with Gasteiger partial charge in [-0.2, -0.15) is 5.26 Å². The second-order valence-electron chi connectivity index (χ2n) is 10.3. The van der Waals surface area contributed by atoms with Crippen LogP contribution in [0.5, 0.6) is 11.5 Å². The van der Waals surface area contributed by atoms with E-state index >= 15 is 0 Å². The standard InChI is InChI=1S/C34H34N4O4S2/c1-4-29(43-24-13-8-12-23(18-24)36-33(40)31-27(41-2)14-9-15-28(31)42-3)32(39)37-34-26(19-35)25-16-17-38(21-30(25)44-34)20-22-10-6-5-7-11-22/h5-15,18,29H,4,16-17,20-21H2,1-3H3,(H,36,40)(H,37,39). The van der Waals surface area contributed by atoms with Gasteiger partial charge in [0.25, 0.3) is 5.91 Å². The Balaban J connectivity index is 1.26. The summed E-state index contributed by atoms with van der Waals surface area (Å²) in [7, 11) is 3.01. The van der Waals surface area contributed by atoms with Crippen LogP contribution in [0, 0.1) is 11.3 Å². The van der Waals surface area contributed by atoms with Crippen molar-refractivity contribution in [2.75, 3.05) is 31.4 Å². The minimum Gasteiger partial charge on any atom is -0.496 e. The van der Waals surface area contributed by atoms with Crippen molar-refractivity contribution in [2.45, 2.75) is 43.0 Å². The van der Waals surface area contributed by atoms with Gasteiger partial charge in [0.1, 0.15) is 28.1 Å². The van der Waals surface area contributed by atoms with Crippen molar-refractivity contribution < 1.29 is 19.1 Å². The normalized spacial score (nSPS) is 13.3. The zero-order valence-electron chi connectivity index (χ0n) is 24.9. The summed E-state index contributed by atoms with van der Waals surface area (Å²) in [5, 5.41) is 16.2. The van der Waals surface area contributed by atoms with E-state index in [1.807, 2.05) is 43.3 Å². The van der Waals surface area contributed by atoms with Gasteiger partial charge < -0.3 is 20.1 Å². The molecule has 1 aromatic heterocycles. The summed E-state index contributed by atoms with van der Waals surface area (Å²) in [6, 6.07) is 25.3. The molecular weight excluding hydrogens is 593 g/mol. The largest absolute Gasteiger partial charge is 0.496 e. The third kappa shape index (κ3) is 7.08. The molecule has 1 unspecified atom stereocenters. The molecule has 10 heteroatoms. The fraction of sp³-hybridized carbons (Fsp3) is 0.265. The van der Waals surface area contributed by atoms with Gasteiger partial charge in [-0.3, -0.25) is 14.5 Å². The van der Waals surface area contributed by atoms with Gasteiger partial charge in [0.05, 0.1) is 25.0 Å². The Morgan fingerprint density at radius 1 is 1.02 bits per heavy atom. The van der Waals surface area contributed by atoms with Gasteiger partial charge in [0, 0.05) is 35.1 Å². The summed E-state index contributed by atoms with van der Waals surface area (Å²) in [6.45, 7) is 4.43. The number of thiophene rings is 1. The number of anilines is 2. The molecule has 1 aliphatic heterocycles. The zero-order valence-corrected chi connectivity index (χ0v) is 26.5. The molecule has 5 rings (SSSR count). The van der Waals surface area contributed by atoms with E-state index in [1.54, 1.807) is 24.3 Å². The third-order valence-electron chi connectivity index (χ3n) is 7.42. The van der Waals surface area contributed by atoms with Crippen LogP contribution in [0.25, 0.3) is 0 Å². The Labute approximate surface area is 266 Å². The molecular formula is C34H34N4O4S2. The lowest BCUT2D eigenvalue weighted by Gasteiger charge is -2.26. The van der Waals surface area contributed by atoms with Crippen molar-refractivity contribution >= 4 is 45.6 Å². The molecule has 2 heterocycles. The number of fused-ring (bicyclic) bond motifs is 1. The lowest BCUT2D eigenvalue weighted by Crippen LogP contribution is -2.29. The maximum absolute atomic E-state index is 13.5. The minimum absolute atomic E-state index is 0.151. The van der Waals surface area contributed by atoms with Crippen molar-refractivity contribution in [2.24, 2.45) is 0 Å². The number of nitrogens with one attached hydrogen (secondary N) is 2. The molecule has 2 amide bonds. The molecule has 1 aliphatic rings. The summed E-state index contributed by atoms with van der Waals surface area (Å²) in [5.74, 6) is 0.304. The number of benzene rings is 3. The Morgan fingerprint density at radius 2 is 1.75 bits per heavy atom. The molecule has 0 bridgehead atoms. The van der Waals surface area contributed by atoms with Crippen molar-refractivity contribution in [3.8, 4) is 17.6 Å². The first kappa shape index (κ1) is 31.1. The molecule has 226 valence electrons. The van der Waals surface area contributed by atoms with E-state index in [4.69, 9.17) is 9.47 Å². The molecule has 2 N–H and O–H groups in total. The Kier molecular flexibility index (Phi) is 10.2. The van der Waals surface area contributed by atoms with Crippen LogP contribution in [-0.4, -0.2) is 42.7 Å². The number of thioether (sulfide) groups is 1. The van der Waals surface area contributed by atoms with Crippen molar-refractivity contribution in [3.63, 3.8) is 0 Å². The van der Waals surface area contributed by atoms with Crippen LogP contribution in [-0.2, 0) is 24.3 Å². The van der Waals surface area contributed by atoms with E-state index in [-0.39, 0.29) is 11.8 Å². The van der Waals surface area contributed by atoms with Crippen LogP contribution in [0.1, 0.15) is 45.3 Å². The fourth-order valence-corrected chi connectivity index (χ4v) is 7.49. The first-order valence-electron chi connectivity index (χ1n) is 14.3. The number of nitriles is 1. The summed E-state index contributed by atoms with van der Waals surface area (Å²) in [5.41, 5.74) is 3.77. The number of hydrogen-bond acceptors (Lipinski definition) is 8. The number of carbonyl (C=O) groups is 2. The minimum atomic E-state index is -0.393. The Hall–Kier alpha value is -4.30.